The first-order valence-electron chi connectivity index (χ1n) is 7.33. The summed E-state index contributed by atoms with van der Waals surface area (Å²) in [4.78, 5) is 12.3. The third-order valence-corrected chi connectivity index (χ3v) is 3.58. The number of methoxy groups -OCH3 is 1. The lowest BCUT2D eigenvalue weighted by atomic mass is 9.95. The molecule has 0 aliphatic heterocycles. The molecule has 0 bridgehead atoms. The molecule has 0 unspecified atom stereocenters. The average molecular weight is 295 g/mol. The van der Waals surface area contributed by atoms with Gasteiger partial charge in [0.1, 0.15) is 5.75 Å². The van der Waals surface area contributed by atoms with Gasteiger partial charge in [-0.15, -0.1) is 6.58 Å². The maximum Gasteiger partial charge on any atom is 0.255 e. The highest BCUT2D eigenvalue weighted by molar-refractivity contribution is 5.96. The molecule has 0 heterocycles. The van der Waals surface area contributed by atoms with E-state index in [1.165, 1.54) is 5.56 Å². The number of carbonyl (C=O) groups excluding carboxylic acids is 1. The van der Waals surface area contributed by atoms with Crippen molar-refractivity contribution >= 4 is 5.91 Å². The molecule has 3 heteroatoms. The number of para-hydroxylation sites is 1. The highest BCUT2D eigenvalue weighted by Crippen LogP contribution is 2.20. The van der Waals surface area contributed by atoms with Crippen LogP contribution in [0.2, 0.25) is 0 Å². The van der Waals surface area contributed by atoms with Gasteiger partial charge >= 0.3 is 0 Å². The fourth-order valence-corrected chi connectivity index (χ4v) is 2.41. The highest BCUT2D eigenvalue weighted by atomic mass is 16.5. The largest absolute Gasteiger partial charge is 0.496 e. The van der Waals surface area contributed by atoms with Crippen LogP contribution in [0.4, 0.5) is 0 Å². The van der Waals surface area contributed by atoms with E-state index in [4.69, 9.17) is 4.74 Å². The van der Waals surface area contributed by atoms with E-state index in [1.807, 2.05) is 36.4 Å². The van der Waals surface area contributed by atoms with Crippen molar-refractivity contribution in [1.82, 2.24) is 5.32 Å². The van der Waals surface area contributed by atoms with Crippen LogP contribution < -0.4 is 10.1 Å². The summed E-state index contributed by atoms with van der Waals surface area (Å²) >= 11 is 0. The summed E-state index contributed by atoms with van der Waals surface area (Å²) < 4.78 is 5.23. The lowest BCUT2D eigenvalue weighted by Gasteiger charge is -2.17. The van der Waals surface area contributed by atoms with Gasteiger partial charge in [0, 0.05) is 12.5 Å². The molecule has 0 saturated heterocycles. The number of benzene rings is 2. The van der Waals surface area contributed by atoms with Crippen molar-refractivity contribution < 1.29 is 9.53 Å². The van der Waals surface area contributed by atoms with Gasteiger partial charge in [-0.25, -0.2) is 0 Å². The summed E-state index contributed by atoms with van der Waals surface area (Å²) in [5.74, 6) is 0.680. The standard InChI is InChI=1S/C19H21NO2/c1-3-9-16(15-10-5-4-6-11-15)14-20-19(21)17-12-7-8-13-18(17)22-2/h3-8,10-13,16H,1,9,14H2,2H3,(H,20,21)/t16-/m0/s1. The molecule has 0 radical (unpaired) electrons. The van der Waals surface area contributed by atoms with Crippen molar-refractivity contribution in [3.05, 3.63) is 78.4 Å². The van der Waals surface area contributed by atoms with E-state index >= 15 is 0 Å². The van der Waals surface area contributed by atoms with E-state index < -0.39 is 0 Å². The molecule has 1 amide bonds. The first-order valence-corrected chi connectivity index (χ1v) is 7.33. The topological polar surface area (TPSA) is 38.3 Å². The van der Waals surface area contributed by atoms with Gasteiger partial charge in [0.25, 0.3) is 5.91 Å². The molecular weight excluding hydrogens is 274 g/mol. The maximum absolute atomic E-state index is 12.3. The first-order chi connectivity index (χ1) is 10.8. The zero-order valence-electron chi connectivity index (χ0n) is 12.8. The van der Waals surface area contributed by atoms with Crippen LogP contribution in [0, 0.1) is 0 Å². The van der Waals surface area contributed by atoms with Crippen LogP contribution in [0.25, 0.3) is 0 Å². The first kappa shape index (κ1) is 15.8. The molecule has 3 nitrogen and oxygen atoms in total. The van der Waals surface area contributed by atoms with Gasteiger partial charge in [-0.3, -0.25) is 4.79 Å². The molecule has 0 aliphatic rings. The van der Waals surface area contributed by atoms with E-state index in [-0.39, 0.29) is 11.8 Å². The van der Waals surface area contributed by atoms with Crippen molar-refractivity contribution in [2.24, 2.45) is 0 Å². The molecule has 2 aromatic carbocycles. The Morgan fingerprint density at radius 3 is 2.55 bits per heavy atom. The minimum atomic E-state index is -0.123. The number of hydrogen-bond donors (Lipinski definition) is 1. The fourth-order valence-electron chi connectivity index (χ4n) is 2.41. The smallest absolute Gasteiger partial charge is 0.255 e. The molecular formula is C19H21NO2. The normalized spacial score (nSPS) is 11.5. The Bertz CT molecular complexity index is 622. The Morgan fingerprint density at radius 2 is 1.86 bits per heavy atom. The molecule has 0 spiro atoms. The average Bonchev–Trinajstić information content (AvgIpc) is 2.59. The third-order valence-electron chi connectivity index (χ3n) is 3.58. The van der Waals surface area contributed by atoms with Gasteiger partial charge in [0.15, 0.2) is 0 Å². The third kappa shape index (κ3) is 3.98. The second-order valence-electron chi connectivity index (χ2n) is 5.04. The zero-order chi connectivity index (χ0) is 15.8. The van der Waals surface area contributed by atoms with E-state index in [9.17, 15) is 4.79 Å². The number of hydrogen-bond acceptors (Lipinski definition) is 2. The van der Waals surface area contributed by atoms with Crippen molar-refractivity contribution in [3.63, 3.8) is 0 Å². The number of allylic oxidation sites excluding steroid dienone is 1. The second kappa shape index (κ2) is 8.03. The van der Waals surface area contributed by atoms with Gasteiger partial charge < -0.3 is 10.1 Å². The molecule has 1 N–H and O–H groups in total. The minimum Gasteiger partial charge on any atom is -0.496 e. The number of carbonyl (C=O) groups is 1. The second-order valence-corrected chi connectivity index (χ2v) is 5.04. The number of amides is 1. The van der Waals surface area contributed by atoms with Gasteiger partial charge in [0.2, 0.25) is 0 Å². The van der Waals surface area contributed by atoms with Crippen LogP contribution in [-0.4, -0.2) is 19.6 Å². The molecule has 2 aromatic rings. The lowest BCUT2D eigenvalue weighted by molar-refractivity contribution is 0.0948. The SMILES string of the molecule is C=CC[C@@H](CNC(=O)c1ccccc1OC)c1ccccc1. The van der Waals surface area contributed by atoms with Crippen LogP contribution >= 0.6 is 0 Å². The van der Waals surface area contributed by atoms with E-state index in [2.05, 4.69) is 24.0 Å². The van der Waals surface area contributed by atoms with Crippen LogP contribution in [0.3, 0.4) is 0 Å². The Balaban J connectivity index is 2.06. The van der Waals surface area contributed by atoms with Crippen molar-refractivity contribution in [3.8, 4) is 5.75 Å². The number of nitrogens with one attached hydrogen (secondary N) is 1. The van der Waals surface area contributed by atoms with E-state index in [0.29, 0.717) is 17.9 Å². The molecule has 0 fully saturated rings. The fraction of sp³-hybridized carbons (Fsp3) is 0.211. The Kier molecular flexibility index (Phi) is 5.78. The summed E-state index contributed by atoms with van der Waals surface area (Å²) in [6.07, 6.45) is 2.70. The Hall–Kier alpha value is -2.55. The van der Waals surface area contributed by atoms with Crippen molar-refractivity contribution in [2.75, 3.05) is 13.7 Å². The zero-order valence-corrected chi connectivity index (χ0v) is 12.8. The Labute approximate surface area is 131 Å². The number of rotatable bonds is 7. The van der Waals surface area contributed by atoms with Gasteiger partial charge in [0.05, 0.1) is 12.7 Å². The minimum absolute atomic E-state index is 0.123. The molecule has 22 heavy (non-hydrogen) atoms. The summed E-state index contributed by atoms with van der Waals surface area (Å²) in [7, 11) is 1.57. The van der Waals surface area contributed by atoms with Gasteiger partial charge in [-0.1, -0.05) is 48.5 Å². The highest BCUT2D eigenvalue weighted by Gasteiger charge is 2.14. The van der Waals surface area contributed by atoms with Gasteiger partial charge in [-0.05, 0) is 24.1 Å². The van der Waals surface area contributed by atoms with Crippen molar-refractivity contribution in [2.45, 2.75) is 12.3 Å². The quantitative estimate of drug-likeness (QED) is 0.789. The summed E-state index contributed by atoms with van der Waals surface area (Å²) in [6.45, 7) is 4.37. The van der Waals surface area contributed by atoms with Crippen LogP contribution in [0.15, 0.2) is 67.3 Å². The molecule has 2 rings (SSSR count). The number of ether oxygens (including phenoxy) is 1. The van der Waals surface area contributed by atoms with E-state index in [1.54, 1.807) is 19.2 Å². The predicted molar refractivity (Wildman–Crippen MR) is 89.3 cm³/mol. The monoisotopic (exact) mass is 295 g/mol. The Morgan fingerprint density at radius 1 is 1.18 bits per heavy atom. The molecule has 0 aromatic heterocycles. The lowest BCUT2D eigenvalue weighted by Crippen LogP contribution is -2.28. The maximum atomic E-state index is 12.3. The van der Waals surface area contributed by atoms with Crippen LogP contribution in [0.1, 0.15) is 28.3 Å². The molecule has 1 atom stereocenters. The summed E-state index contributed by atoms with van der Waals surface area (Å²) in [5, 5.41) is 2.99. The molecule has 0 saturated carbocycles. The van der Waals surface area contributed by atoms with Crippen LogP contribution in [0.5, 0.6) is 5.75 Å². The molecule has 114 valence electrons. The van der Waals surface area contributed by atoms with Gasteiger partial charge in [-0.2, -0.15) is 0 Å². The van der Waals surface area contributed by atoms with Crippen molar-refractivity contribution in [1.29, 1.82) is 0 Å². The van der Waals surface area contributed by atoms with Crippen LogP contribution in [-0.2, 0) is 0 Å². The molecule has 0 aliphatic carbocycles. The summed E-state index contributed by atoms with van der Waals surface area (Å²) in [5.41, 5.74) is 1.75. The van der Waals surface area contributed by atoms with E-state index in [0.717, 1.165) is 6.42 Å². The predicted octanol–water partition coefficient (Wildman–Crippen LogP) is 3.78. The summed E-state index contributed by atoms with van der Waals surface area (Å²) in [6, 6.07) is 17.4.